The molecule has 0 saturated carbocycles. The molecule has 0 aliphatic carbocycles. The normalized spacial score (nSPS) is 14.9. The second-order valence-electron chi connectivity index (χ2n) is 9.13. The van der Waals surface area contributed by atoms with Crippen molar-refractivity contribution in [2.24, 2.45) is 13.0 Å². The highest BCUT2D eigenvalue weighted by Gasteiger charge is 2.26. The number of aryl methyl sites for hydroxylation is 2. The van der Waals surface area contributed by atoms with Gasteiger partial charge >= 0.3 is 7.82 Å². The number of carbonyl (C=O) groups excluding carboxylic acids is 1. The first-order chi connectivity index (χ1) is 17.6. The topological polar surface area (TPSA) is 156 Å². The average molecular weight is 526 g/mol. The highest BCUT2D eigenvalue weighted by molar-refractivity contribution is 7.46. The zero-order valence-electron chi connectivity index (χ0n) is 20.4. The minimum absolute atomic E-state index is 0.00643. The Morgan fingerprint density at radius 2 is 2.05 bits per heavy atom. The monoisotopic (exact) mass is 526 g/mol. The smallest absolute Gasteiger partial charge is 0.444 e. The van der Waals surface area contributed by atoms with Crippen LogP contribution in [0, 0.1) is 12.8 Å². The fourth-order valence-corrected chi connectivity index (χ4v) is 4.87. The van der Waals surface area contributed by atoms with Gasteiger partial charge < -0.3 is 24.4 Å². The number of aromatic nitrogens is 4. The van der Waals surface area contributed by atoms with Gasteiger partial charge in [0.1, 0.15) is 6.26 Å². The first kappa shape index (κ1) is 25.1. The van der Waals surface area contributed by atoms with E-state index in [1.54, 1.807) is 16.9 Å². The van der Waals surface area contributed by atoms with Crippen molar-refractivity contribution in [2.45, 2.75) is 19.8 Å². The summed E-state index contributed by atoms with van der Waals surface area (Å²) in [5, 5.41) is 8.35. The standard InChI is InChI=1S/C24H27N6O6P/c1-15-9-17(3-6-25-15)24-27-21(14-35-24)23(31)26-20-10-18-12-29(2)28-19(18)11-22(20)30-7-4-16(5-8-30)13-36-37(32,33)34/h3,6,9-12,14,16H,4-5,7-8,13H2,1-2H3,(H,26,31)(H2,32,33,34). The van der Waals surface area contributed by atoms with E-state index >= 15 is 0 Å². The van der Waals surface area contributed by atoms with E-state index < -0.39 is 13.7 Å². The van der Waals surface area contributed by atoms with Gasteiger partial charge in [0.15, 0.2) is 5.69 Å². The molecule has 0 bridgehead atoms. The molecule has 3 aromatic heterocycles. The molecule has 194 valence electrons. The largest absolute Gasteiger partial charge is 0.469 e. The van der Waals surface area contributed by atoms with Crippen LogP contribution in [0.25, 0.3) is 22.4 Å². The van der Waals surface area contributed by atoms with E-state index in [1.165, 1.54) is 6.26 Å². The molecule has 1 saturated heterocycles. The van der Waals surface area contributed by atoms with Crippen LogP contribution in [0.3, 0.4) is 0 Å². The SMILES string of the molecule is Cc1cc(-c2nc(C(=O)Nc3cc4cn(C)nc4cc3N3CCC(COP(=O)(O)O)CC3)co2)ccn1. The molecule has 5 rings (SSSR count). The van der Waals surface area contributed by atoms with Gasteiger partial charge in [0.25, 0.3) is 5.91 Å². The third kappa shape index (κ3) is 5.89. The lowest BCUT2D eigenvalue weighted by atomic mass is 9.97. The number of hydrogen-bond acceptors (Lipinski definition) is 8. The molecule has 1 aliphatic heterocycles. The third-order valence-corrected chi connectivity index (χ3v) is 6.78. The zero-order valence-corrected chi connectivity index (χ0v) is 21.3. The Labute approximate surface area is 212 Å². The van der Waals surface area contributed by atoms with E-state index in [0.717, 1.165) is 27.8 Å². The molecule has 3 N–H and O–H groups in total. The summed E-state index contributed by atoms with van der Waals surface area (Å²) < 4.78 is 23.0. The van der Waals surface area contributed by atoms with Crippen LogP contribution < -0.4 is 10.2 Å². The van der Waals surface area contributed by atoms with Gasteiger partial charge in [-0.2, -0.15) is 5.10 Å². The molecule has 12 nitrogen and oxygen atoms in total. The van der Waals surface area contributed by atoms with Crippen molar-refractivity contribution in [3.8, 4) is 11.5 Å². The van der Waals surface area contributed by atoms with Crippen LogP contribution in [-0.4, -0.2) is 55.1 Å². The first-order valence-electron chi connectivity index (χ1n) is 11.8. The van der Waals surface area contributed by atoms with E-state index in [2.05, 4.69) is 25.3 Å². The molecule has 0 radical (unpaired) electrons. The summed E-state index contributed by atoms with van der Waals surface area (Å²) in [5.74, 6) is -0.0424. The molecule has 4 heterocycles. The van der Waals surface area contributed by atoms with Crippen LogP contribution in [0.1, 0.15) is 29.0 Å². The lowest BCUT2D eigenvalue weighted by Gasteiger charge is -2.34. The number of nitrogens with zero attached hydrogens (tertiary/aromatic N) is 5. The number of piperidine rings is 1. The predicted molar refractivity (Wildman–Crippen MR) is 136 cm³/mol. The van der Waals surface area contributed by atoms with E-state index in [1.807, 2.05) is 38.4 Å². The van der Waals surface area contributed by atoms with Crippen LogP contribution in [0.5, 0.6) is 0 Å². The van der Waals surface area contributed by atoms with Crippen LogP contribution in [0.15, 0.2) is 47.3 Å². The molecule has 0 atom stereocenters. The fraction of sp³-hybridized carbons (Fsp3) is 0.333. The molecule has 0 unspecified atom stereocenters. The number of oxazole rings is 1. The van der Waals surface area contributed by atoms with E-state index in [4.69, 9.17) is 18.7 Å². The molecular formula is C24H27N6O6P. The van der Waals surface area contributed by atoms with Crippen LogP contribution >= 0.6 is 7.82 Å². The highest BCUT2D eigenvalue weighted by Crippen LogP contribution is 2.38. The minimum atomic E-state index is -4.49. The molecule has 1 fully saturated rings. The van der Waals surface area contributed by atoms with Crippen molar-refractivity contribution in [3.63, 3.8) is 0 Å². The molecule has 1 aliphatic rings. The van der Waals surface area contributed by atoms with Gasteiger partial charge in [0.2, 0.25) is 5.89 Å². The summed E-state index contributed by atoms with van der Waals surface area (Å²) in [4.78, 5) is 41.8. The summed E-state index contributed by atoms with van der Waals surface area (Å²) >= 11 is 0. The number of amides is 1. The Kier molecular flexibility index (Phi) is 6.82. The molecule has 0 spiro atoms. The second-order valence-corrected chi connectivity index (χ2v) is 10.4. The number of rotatable bonds is 7. The summed E-state index contributed by atoms with van der Waals surface area (Å²) in [6.07, 6.45) is 6.23. The Balaban J connectivity index is 1.36. The summed E-state index contributed by atoms with van der Waals surface area (Å²) in [5.41, 5.74) is 3.90. The van der Waals surface area contributed by atoms with Gasteiger partial charge in [-0.3, -0.25) is 19.0 Å². The Hall–Kier alpha value is -3.57. The van der Waals surface area contributed by atoms with Gasteiger partial charge in [0, 0.05) is 49.2 Å². The number of benzene rings is 1. The maximum atomic E-state index is 13.2. The second kappa shape index (κ2) is 10.1. The average Bonchev–Trinajstić information content (AvgIpc) is 3.48. The first-order valence-corrected chi connectivity index (χ1v) is 13.3. The molecule has 37 heavy (non-hydrogen) atoms. The van der Waals surface area contributed by atoms with Crippen molar-refractivity contribution in [2.75, 3.05) is 29.9 Å². The number of fused-ring (bicyclic) bond motifs is 1. The van der Waals surface area contributed by atoms with Crippen molar-refractivity contribution in [1.82, 2.24) is 19.7 Å². The van der Waals surface area contributed by atoms with Crippen LogP contribution in [-0.2, 0) is 16.1 Å². The molecule has 1 amide bonds. The highest BCUT2D eigenvalue weighted by atomic mass is 31.2. The number of pyridine rings is 1. The zero-order chi connectivity index (χ0) is 26.2. The van der Waals surface area contributed by atoms with Crippen molar-refractivity contribution in [3.05, 3.63) is 54.3 Å². The minimum Gasteiger partial charge on any atom is -0.444 e. The Morgan fingerprint density at radius 3 is 2.78 bits per heavy atom. The Morgan fingerprint density at radius 1 is 1.27 bits per heavy atom. The van der Waals surface area contributed by atoms with Gasteiger partial charge in [-0.1, -0.05) is 0 Å². The fourth-order valence-electron chi connectivity index (χ4n) is 4.46. The van der Waals surface area contributed by atoms with Gasteiger partial charge in [-0.25, -0.2) is 9.55 Å². The number of phosphoric ester groups is 1. The Bertz CT molecular complexity index is 1490. The van der Waals surface area contributed by atoms with Crippen molar-refractivity contribution in [1.29, 1.82) is 0 Å². The predicted octanol–water partition coefficient (Wildman–Crippen LogP) is 3.51. The maximum absolute atomic E-state index is 13.2. The molecule has 1 aromatic carbocycles. The number of anilines is 2. The van der Waals surface area contributed by atoms with E-state index in [-0.39, 0.29) is 18.2 Å². The third-order valence-electron chi connectivity index (χ3n) is 6.30. The van der Waals surface area contributed by atoms with Crippen LogP contribution in [0.4, 0.5) is 11.4 Å². The van der Waals surface area contributed by atoms with Crippen molar-refractivity contribution < 1.29 is 28.1 Å². The quantitative estimate of drug-likeness (QED) is 0.305. The van der Waals surface area contributed by atoms with Gasteiger partial charge in [-0.05, 0) is 49.9 Å². The van der Waals surface area contributed by atoms with E-state index in [0.29, 0.717) is 37.5 Å². The van der Waals surface area contributed by atoms with E-state index in [9.17, 15) is 9.36 Å². The lowest BCUT2D eigenvalue weighted by molar-refractivity contribution is 0.102. The number of phosphoric acid groups is 1. The lowest BCUT2D eigenvalue weighted by Crippen LogP contribution is -2.35. The van der Waals surface area contributed by atoms with Gasteiger partial charge in [-0.15, -0.1) is 0 Å². The summed E-state index contributed by atoms with van der Waals surface area (Å²) in [7, 11) is -2.66. The van der Waals surface area contributed by atoms with Crippen LogP contribution in [0.2, 0.25) is 0 Å². The number of nitrogens with one attached hydrogen (secondary N) is 1. The molecular weight excluding hydrogens is 499 g/mol. The maximum Gasteiger partial charge on any atom is 0.469 e. The summed E-state index contributed by atoms with van der Waals surface area (Å²) in [6, 6.07) is 7.41. The molecule has 13 heteroatoms. The van der Waals surface area contributed by atoms with Gasteiger partial charge in [0.05, 0.1) is 23.5 Å². The van der Waals surface area contributed by atoms with Crippen molar-refractivity contribution >= 4 is 36.0 Å². The number of carbonyl (C=O) groups is 1. The number of hydrogen-bond donors (Lipinski definition) is 3. The summed E-state index contributed by atoms with van der Waals surface area (Å²) in [6.45, 7) is 3.13. The molecule has 4 aromatic rings.